The normalized spacial score (nSPS) is 18.9. The molecule has 2 N–H and O–H groups in total. The Hall–Kier alpha value is -1.96. The number of nitrogens with zero attached hydrogens (tertiary/aromatic N) is 1. The van der Waals surface area contributed by atoms with E-state index in [1.165, 1.54) is 23.1 Å². The predicted molar refractivity (Wildman–Crippen MR) is 73.5 cm³/mol. The maximum Gasteiger partial charge on any atom is 0.573 e. The quantitative estimate of drug-likeness (QED) is 0.901. The van der Waals surface area contributed by atoms with Crippen molar-refractivity contribution >= 4 is 11.7 Å². The SMILES string of the molecule is O=C(Nc1ccccc1OC(F)(F)F)N1CCCC(CO)C1. The fourth-order valence-corrected chi connectivity index (χ4v) is 2.38. The van der Waals surface area contributed by atoms with Crippen LogP contribution in [0.25, 0.3) is 0 Å². The van der Waals surface area contributed by atoms with E-state index in [2.05, 4.69) is 10.1 Å². The van der Waals surface area contributed by atoms with E-state index >= 15 is 0 Å². The minimum absolute atomic E-state index is 0.00108. The van der Waals surface area contributed by atoms with Crippen LogP contribution in [0.1, 0.15) is 12.8 Å². The Bertz CT molecular complexity index is 522. The van der Waals surface area contributed by atoms with Crippen molar-refractivity contribution in [1.82, 2.24) is 4.90 Å². The van der Waals surface area contributed by atoms with Crippen molar-refractivity contribution in [1.29, 1.82) is 0 Å². The van der Waals surface area contributed by atoms with Gasteiger partial charge in [0, 0.05) is 19.7 Å². The summed E-state index contributed by atoms with van der Waals surface area (Å²) in [5.41, 5.74) is -0.0454. The molecule has 1 aromatic carbocycles. The van der Waals surface area contributed by atoms with Crippen LogP contribution in [0.5, 0.6) is 5.75 Å². The minimum Gasteiger partial charge on any atom is -0.404 e. The van der Waals surface area contributed by atoms with Crippen LogP contribution in [-0.4, -0.2) is 42.1 Å². The molecule has 122 valence electrons. The van der Waals surface area contributed by atoms with Gasteiger partial charge in [-0.15, -0.1) is 13.2 Å². The predicted octanol–water partition coefficient (Wildman–Crippen LogP) is 2.82. The van der Waals surface area contributed by atoms with Crippen LogP contribution in [0, 0.1) is 5.92 Å². The topological polar surface area (TPSA) is 61.8 Å². The number of hydrogen-bond donors (Lipinski definition) is 2. The molecule has 5 nitrogen and oxygen atoms in total. The van der Waals surface area contributed by atoms with E-state index < -0.39 is 18.1 Å². The number of alkyl halides is 3. The average molecular weight is 318 g/mol. The third kappa shape index (κ3) is 4.52. The molecule has 0 spiro atoms. The molecule has 22 heavy (non-hydrogen) atoms. The van der Waals surface area contributed by atoms with Crippen molar-refractivity contribution in [2.45, 2.75) is 19.2 Å². The monoisotopic (exact) mass is 318 g/mol. The molecule has 0 radical (unpaired) electrons. The number of halogens is 3. The number of aliphatic hydroxyl groups excluding tert-OH is 1. The van der Waals surface area contributed by atoms with Crippen LogP contribution in [-0.2, 0) is 0 Å². The van der Waals surface area contributed by atoms with Crippen molar-refractivity contribution < 1.29 is 27.8 Å². The minimum atomic E-state index is -4.83. The molecule has 2 amide bonds. The Morgan fingerprint density at radius 3 is 2.82 bits per heavy atom. The van der Waals surface area contributed by atoms with Crippen molar-refractivity contribution in [2.75, 3.05) is 25.0 Å². The Balaban J connectivity index is 2.05. The van der Waals surface area contributed by atoms with Gasteiger partial charge in [0.25, 0.3) is 0 Å². The fourth-order valence-electron chi connectivity index (χ4n) is 2.38. The van der Waals surface area contributed by atoms with Gasteiger partial charge in [0.2, 0.25) is 0 Å². The maximum absolute atomic E-state index is 12.3. The number of ether oxygens (including phenoxy) is 1. The summed E-state index contributed by atoms with van der Waals surface area (Å²) in [7, 11) is 0. The van der Waals surface area contributed by atoms with Gasteiger partial charge in [-0.1, -0.05) is 12.1 Å². The second-order valence-electron chi connectivity index (χ2n) is 5.11. The molecule has 0 saturated carbocycles. The van der Waals surface area contributed by atoms with Gasteiger partial charge in [-0.05, 0) is 30.9 Å². The largest absolute Gasteiger partial charge is 0.573 e. The van der Waals surface area contributed by atoms with E-state index in [4.69, 9.17) is 5.11 Å². The van der Waals surface area contributed by atoms with Crippen molar-refractivity contribution in [3.8, 4) is 5.75 Å². The van der Waals surface area contributed by atoms with E-state index in [-0.39, 0.29) is 18.2 Å². The molecule has 1 saturated heterocycles. The number of benzene rings is 1. The number of carbonyl (C=O) groups is 1. The molecular weight excluding hydrogens is 301 g/mol. The number of rotatable bonds is 3. The zero-order valence-corrected chi connectivity index (χ0v) is 11.8. The summed E-state index contributed by atoms with van der Waals surface area (Å²) in [6.45, 7) is 0.868. The zero-order valence-electron chi connectivity index (χ0n) is 11.8. The first-order chi connectivity index (χ1) is 10.4. The molecule has 1 atom stereocenters. The summed E-state index contributed by atoms with van der Waals surface area (Å²) in [5.74, 6) is -0.458. The van der Waals surface area contributed by atoms with E-state index in [1.54, 1.807) is 0 Å². The number of nitrogens with one attached hydrogen (secondary N) is 1. The Kier molecular flexibility index (Phi) is 5.12. The number of anilines is 1. The number of piperidine rings is 1. The summed E-state index contributed by atoms with van der Waals surface area (Å²) in [6, 6.07) is 4.86. The number of hydrogen-bond acceptors (Lipinski definition) is 3. The number of aliphatic hydroxyl groups is 1. The van der Waals surface area contributed by atoms with Gasteiger partial charge in [0.15, 0.2) is 5.75 Å². The molecule has 0 bridgehead atoms. The third-order valence-electron chi connectivity index (χ3n) is 3.42. The maximum atomic E-state index is 12.3. The summed E-state index contributed by atoms with van der Waals surface area (Å²) < 4.78 is 40.9. The fraction of sp³-hybridized carbons (Fsp3) is 0.500. The van der Waals surface area contributed by atoms with E-state index in [0.29, 0.717) is 13.1 Å². The second-order valence-corrected chi connectivity index (χ2v) is 5.11. The number of likely N-dealkylation sites (tertiary alicyclic amines) is 1. The standard InChI is InChI=1S/C14H17F3N2O3/c15-14(16,17)22-12-6-2-1-5-11(12)18-13(21)19-7-3-4-10(8-19)9-20/h1-2,5-6,10,20H,3-4,7-9H2,(H,18,21). The van der Waals surface area contributed by atoms with Gasteiger partial charge in [-0.2, -0.15) is 0 Å². The molecular formula is C14H17F3N2O3. The lowest BCUT2D eigenvalue weighted by Gasteiger charge is -2.32. The molecule has 1 fully saturated rings. The number of carbonyl (C=O) groups excluding carboxylic acids is 1. The summed E-state index contributed by atoms with van der Waals surface area (Å²) in [6.07, 6.45) is -3.25. The first-order valence-electron chi connectivity index (χ1n) is 6.90. The van der Waals surface area contributed by atoms with Crippen LogP contribution in [0.3, 0.4) is 0 Å². The lowest BCUT2D eigenvalue weighted by atomic mass is 9.99. The van der Waals surface area contributed by atoms with Gasteiger partial charge in [0.1, 0.15) is 0 Å². The van der Waals surface area contributed by atoms with Crippen LogP contribution in [0.4, 0.5) is 23.7 Å². The Labute approximate surface area is 125 Å². The summed E-state index contributed by atoms with van der Waals surface area (Å²) in [5, 5.41) is 11.6. The second kappa shape index (κ2) is 6.87. The Morgan fingerprint density at radius 1 is 1.41 bits per heavy atom. The third-order valence-corrected chi connectivity index (χ3v) is 3.42. The summed E-state index contributed by atoms with van der Waals surface area (Å²) in [4.78, 5) is 13.6. The molecule has 1 aliphatic heterocycles. The van der Waals surface area contributed by atoms with E-state index in [1.807, 2.05) is 0 Å². The van der Waals surface area contributed by atoms with Crippen molar-refractivity contribution in [3.63, 3.8) is 0 Å². The van der Waals surface area contributed by atoms with Gasteiger partial charge in [0.05, 0.1) is 5.69 Å². The van der Waals surface area contributed by atoms with Gasteiger partial charge in [-0.25, -0.2) is 4.79 Å². The van der Waals surface area contributed by atoms with Crippen LogP contribution in [0.15, 0.2) is 24.3 Å². The highest BCUT2D eigenvalue weighted by Crippen LogP contribution is 2.30. The zero-order chi connectivity index (χ0) is 16.2. The molecule has 1 heterocycles. The van der Waals surface area contributed by atoms with Crippen LogP contribution in [0.2, 0.25) is 0 Å². The van der Waals surface area contributed by atoms with E-state index in [9.17, 15) is 18.0 Å². The average Bonchev–Trinajstić information content (AvgIpc) is 2.48. The molecule has 1 unspecified atom stereocenters. The molecule has 1 aromatic rings. The Morgan fingerprint density at radius 2 is 2.14 bits per heavy atom. The first-order valence-corrected chi connectivity index (χ1v) is 6.90. The van der Waals surface area contributed by atoms with Gasteiger partial charge < -0.3 is 20.1 Å². The molecule has 1 aliphatic rings. The van der Waals surface area contributed by atoms with Crippen molar-refractivity contribution in [2.24, 2.45) is 5.92 Å². The lowest BCUT2D eigenvalue weighted by molar-refractivity contribution is -0.274. The number of amides is 2. The molecule has 2 rings (SSSR count). The highest BCUT2D eigenvalue weighted by molar-refractivity contribution is 5.91. The number of para-hydroxylation sites is 2. The molecule has 0 aliphatic carbocycles. The van der Waals surface area contributed by atoms with Gasteiger partial charge in [-0.3, -0.25) is 0 Å². The van der Waals surface area contributed by atoms with Gasteiger partial charge >= 0.3 is 12.4 Å². The number of urea groups is 1. The smallest absolute Gasteiger partial charge is 0.404 e. The van der Waals surface area contributed by atoms with E-state index in [0.717, 1.165) is 18.9 Å². The highest BCUT2D eigenvalue weighted by Gasteiger charge is 2.32. The lowest BCUT2D eigenvalue weighted by Crippen LogP contribution is -2.43. The van der Waals surface area contributed by atoms with Crippen LogP contribution >= 0.6 is 0 Å². The molecule has 8 heteroatoms. The van der Waals surface area contributed by atoms with Crippen molar-refractivity contribution in [3.05, 3.63) is 24.3 Å². The van der Waals surface area contributed by atoms with Crippen LogP contribution < -0.4 is 10.1 Å². The molecule has 0 aromatic heterocycles. The first kappa shape index (κ1) is 16.4. The highest BCUT2D eigenvalue weighted by atomic mass is 19.4. The summed E-state index contributed by atoms with van der Waals surface area (Å²) >= 11 is 0.